The summed E-state index contributed by atoms with van der Waals surface area (Å²) < 4.78 is 26.5. The van der Waals surface area contributed by atoms with Crippen LogP contribution in [0.3, 0.4) is 0 Å². The molecule has 0 amide bonds. The second-order valence-corrected chi connectivity index (χ2v) is 4.84. The van der Waals surface area contributed by atoms with Crippen molar-refractivity contribution >= 4 is 11.6 Å². The summed E-state index contributed by atoms with van der Waals surface area (Å²) in [4.78, 5) is 4.25. The summed E-state index contributed by atoms with van der Waals surface area (Å²) in [5.74, 6) is -1.74. The van der Waals surface area contributed by atoms with Gasteiger partial charge in [-0.25, -0.2) is 8.78 Å². The Bertz CT molecular complexity index is 590. The van der Waals surface area contributed by atoms with E-state index in [-0.39, 0.29) is 6.04 Å². The molecule has 1 heterocycles. The van der Waals surface area contributed by atoms with Gasteiger partial charge in [-0.15, -0.1) is 0 Å². The number of nitrogens with one attached hydrogen (secondary N) is 1. The molecule has 1 unspecified atom stereocenters. The monoisotopic (exact) mass is 296 g/mol. The number of hydrogen-bond donors (Lipinski definition) is 1. The molecular weight excluding hydrogens is 282 g/mol. The van der Waals surface area contributed by atoms with Crippen molar-refractivity contribution in [2.75, 3.05) is 6.54 Å². The molecule has 0 aliphatic heterocycles. The fourth-order valence-corrected chi connectivity index (χ4v) is 2.19. The fraction of sp³-hybridized carbons (Fsp3) is 0.267. The van der Waals surface area contributed by atoms with E-state index in [0.717, 1.165) is 19.0 Å². The minimum atomic E-state index is -0.877. The largest absolute Gasteiger partial charge is 0.305 e. The predicted octanol–water partition coefficient (Wildman–Crippen LogP) is 4.10. The number of hydrogen-bond acceptors (Lipinski definition) is 2. The van der Waals surface area contributed by atoms with E-state index in [1.165, 1.54) is 12.1 Å². The molecule has 20 heavy (non-hydrogen) atoms. The first-order chi connectivity index (χ1) is 9.63. The van der Waals surface area contributed by atoms with Crippen molar-refractivity contribution in [2.24, 2.45) is 0 Å². The Morgan fingerprint density at radius 1 is 1.25 bits per heavy atom. The van der Waals surface area contributed by atoms with Crippen LogP contribution in [0.2, 0.25) is 5.02 Å². The molecule has 1 atom stereocenters. The highest BCUT2D eigenvalue weighted by atomic mass is 35.5. The van der Waals surface area contributed by atoms with E-state index >= 15 is 0 Å². The summed E-state index contributed by atoms with van der Waals surface area (Å²) in [6, 6.07) is 6.92. The van der Waals surface area contributed by atoms with Crippen LogP contribution in [-0.4, -0.2) is 11.5 Å². The van der Waals surface area contributed by atoms with Crippen LogP contribution in [0.5, 0.6) is 0 Å². The maximum Gasteiger partial charge on any atom is 0.159 e. The van der Waals surface area contributed by atoms with Crippen LogP contribution in [0.4, 0.5) is 8.78 Å². The zero-order valence-corrected chi connectivity index (χ0v) is 11.8. The number of aromatic nitrogens is 1. The number of nitrogens with zero attached hydrogens (tertiary/aromatic N) is 1. The van der Waals surface area contributed by atoms with Crippen LogP contribution in [0.25, 0.3) is 0 Å². The summed E-state index contributed by atoms with van der Waals surface area (Å²) in [6.45, 7) is 2.74. The lowest BCUT2D eigenvalue weighted by molar-refractivity contribution is 0.502. The molecule has 0 aliphatic rings. The maximum atomic E-state index is 13.4. The van der Waals surface area contributed by atoms with Gasteiger partial charge in [-0.05, 0) is 42.8 Å². The third kappa shape index (κ3) is 3.32. The van der Waals surface area contributed by atoms with Crippen LogP contribution in [-0.2, 0) is 0 Å². The first-order valence-corrected chi connectivity index (χ1v) is 6.80. The van der Waals surface area contributed by atoms with Gasteiger partial charge in [0, 0.05) is 6.20 Å². The molecule has 0 spiro atoms. The summed E-state index contributed by atoms with van der Waals surface area (Å²) in [7, 11) is 0. The molecule has 0 radical (unpaired) electrons. The number of pyridine rings is 1. The molecule has 1 N–H and O–H groups in total. The first kappa shape index (κ1) is 14.9. The summed E-state index contributed by atoms with van der Waals surface area (Å²) in [5, 5.41) is 3.74. The highest BCUT2D eigenvalue weighted by Gasteiger charge is 2.19. The van der Waals surface area contributed by atoms with Crippen LogP contribution < -0.4 is 5.32 Å². The smallest absolute Gasteiger partial charge is 0.159 e. The number of rotatable bonds is 5. The van der Waals surface area contributed by atoms with Gasteiger partial charge in [0.1, 0.15) is 0 Å². The summed E-state index contributed by atoms with van der Waals surface area (Å²) in [6.07, 6.45) is 2.53. The van der Waals surface area contributed by atoms with E-state index in [4.69, 9.17) is 11.6 Å². The molecule has 2 rings (SSSR count). The zero-order chi connectivity index (χ0) is 14.5. The Kier molecular flexibility index (Phi) is 5.04. The van der Waals surface area contributed by atoms with Crippen molar-refractivity contribution < 1.29 is 8.78 Å². The SMILES string of the molecule is CCCNC(c1ccc(F)c(F)c1)c1ncccc1Cl. The lowest BCUT2D eigenvalue weighted by atomic mass is 10.0. The number of benzene rings is 1. The Balaban J connectivity index is 2.41. The fourth-order valence-electron chi connectivity index (χ4n) is 1.96. The Labute approximate surface area is 121 Å². The second kappa shape index (κ2) is 6.77. The molecule has 2 aromatic rings. The zero-order valence-electron chi connectivity index (χ0n) is 11.0. The molecule has 0 saturated carbocycles. The molecule has 5 heteroatoms. The maximum absolute atomic E-state index is 13.4. The molecule has 1 aromatic heterocycles. The number of halogens is 3. The van der Waals surface area contributed by atoms with Gasteiger partial charge in [-0.3, -0.25) is 4.98 Å². The van der Waals surface area contributed by atoms with Crippen molar-refractivity contribution in [3.8, 4) is 0 Å². The van der Waals surface area contributed by atoms with Crippen LogP contribution >= 0.6 is 11.6 Å². The van der Waals surface area contributed by atoms with Gasteiger partial charge < -0.3 is 5.32 Å². The standard InChI is InChI=1S/C15H15ClF2N2/c1-2-7-19-14(15-11(16)4-3-8-20-15)10-5-6-12(17)13(18)9-10/h3-6,8-9,14,19H,2,7H2,1H3. The third-order valence-corrected chi connectivity index (χ3v) is 3.26. The highest BCUT2D eigenvalue weighted by molar-refractivity contribution is 6.31. The Hall–Kier alpha value is -1.52. The summed E-state index contributed by atoms with van der Waals surface area (Å²) in [5.41, 5.74) is 1.20. The molecule has 1 aromatic carbocycles. The van der Waals surface area contributed by atoms with Crippen LogP contribution in [0, 0.1) is 11.6 Å². The van der Waals surface area contributed by atoms with Crippen LogP contribution in [0.15, 0.2) is 36.5 Å². The van der Waals surface area contributed by atoms with Crippen molar-refractivity contribution in [1.29, 1.82) is 0 Å². The minimum Gasteiger partial charge on any atom is -0.305 e. The van der Waals surface area contributed by atoms with E-state index in [9.17, 15) is 8.78 Å². The third-order valence-electron chi connectivity index (χ3n) is 2.94. The topological polar surface area (TPSA) is 24.9 Å². The van der Waals surface area contributed by atoms with Crippen molar-refractivity contribution in [3.63, 3.8) is 0 Å². The van der Waals surface area contributed by atoms with Gasteiger partial charge in [0.15, 0.2) is 11.6 Å². The average molecular weight is 297 g/mol. The molecular formula is C15H15ClF2N2. The van der Waals surface area contributed by atoms with Crippen molar-refractivity contribution in [2.45, 2.75) is 19.4 Å². The van der Waals surface area contributed by atoms with E-state index in [1.54, 1.807) is 18.3 Å². The first-order valence-electron chi connectivity index (χ1n) is 6.42. The van der Waals surface area contributed by atoms with Crippen molar-refractivity contribution in [1.82, 2.24) is 10.3 Å². The minimum absolute atomic E-state index is 0.362. The van der Waals surface area contributed by atoms with Gasteiger partial charge in [0.25, 0.3) is 0 Å². The van der Waals surface area contributed by atoms with E-state index in [2.05, 4.69) is 10.3 Å². The lowest BCUT2D eigenvalue weighted by Crippen LogP contribution is -2.24. The molecule has 2 nitrogen and oxygen atoms in total. The Morgan fingerprint density at radius 3 is 2.70 bits per heavy atom. The second-order valence-electron chi connectivity index (χ2n) is 4.43. The van der Waals surface area contributed by atoms with Gasteiger partial charge in [0.05, 0.1) is 16.8 Å². The molecule has 0 bridgehead atoms. The van der Waals surface area contributed by atoms with Crippen molar-refractivity contribution in [3.05, 3.63) is 64.4 Å². The molecule has 0 fully saturated rings. The lowest BCUT2D eigenvalue weighted by Gasteiger charge is -2.19. The summed E-state index contributed by atoms with van der Waals surface area (Å²) >= 11 is 6.15. The normalized spacial score (nSPS) is 12.4. The Morgan fingerprint density at radius 2 is 2.05 bits per heavy atom. The average Bonchev–Trinajstić information content (AvgIpc) is 2.44. The van der Waals surface area contributed by atoms with Gasteiger partial charge in [-0.1, -0.05) is 24.6 Å². The van der Waals surface area contributed by atoms with E-state index in [1.807, 2.05) is 6.92 Å². The van der Waals surface area contributed by atoms with E-state index in [0.29, 0.717) is 16.3 Å². The van der Waals surface area contributed by atoms with Gasteiger partial charge in [0.2, 0.25) is 0 Å². The molecule has 106 valence electrons. The highest BCUT2D eigenvalue weighted by Crippen LogP contribution is 2.27. The predicted molar refractivity (Wildman–Crippen MR) is 75.7 cm³/mol. The van der Waals surface area contributed by atoms with Crippen LogP contribution in [0.1, 0.15) is 30.6 Å². The van der Waals surface area contributed by atoms with E-state index < -0.39 is 11.6 Å². The van der Waals surface area contributed by atoms with Gasteiger partial charge in [-0.2, -0.15) is 0 Å². The molecule has 0 aliphatic carbocycles. The molecule has 0 saturated heterocycles. The quantitative estimate of drug-likeness (QED) is 0.898. The van der Waals surface area contributed by atoms with Gasteiger partial charge >= 0.3 is 0 Å².